The number of hydrogen-bond donors (Lipinski definition) is 0. The Hall–Kier alpha value is -3.68. The normalized spacial score (nSPS) is 27.3. The first kappa shape index (κ1) is 25.1. The molecule has 1 fully saturated rings. The Morgan fingerprint density at radius 3 is 2.27 bits per heavy atom. The van der Waals surface area contributed by atoms with Crippen LogP contribution in [0.4, 0.5) is 0 Å². The Balaban J connectivity index is 1.34. The largest absolute Gasteiger partial charge is 0.135 e. The van der Waals surface area contributed by atoms with Crippen molar-refractivity contribution in [3.05, 3.63) is 149 Å². The quantitative estimate of drug-likeness (QED) is 0.210. The summed E-state index contributed by atoms with van der Waals surface area (Å²) >= 11 is 1.95. The van der Waals surface area contributed by atoms with E-state index >= 15 is 0 Å². The third kappa shape index (κ3) is 4.01. The van der Waals surface area contributed by atoms with Gasteiger partial charge in [0.05, 0.1) is 0 Å². The number of allylic oxidation sites excluding steroid dienone is 6. The summed E-state index contributed by atoms with van der Waals surface area (Å²) in [5, 5.41) is 2.93. The average molecular weight is 549 g/mol. The molecule has 5 aromatic rings. The van der Waals surface area contributed by atoms with Crippen LogP contribution in [-0.4, -0.2) is 0 Å². The minimum atomic E-state index is 0.387. The lowest BCUT2D eigenvalue weighted by molar-refractivity contribution is 0.298. The number of benzene rings is 4. The van der Waals surface area contributed by atoms with Gasteiger partial charge in [-0.15, -0.1) is 11.3 Å². The van der Waals surface area contributed by atoms with Gasteiger partial charge in [-0.2, -0.15) is 0 Å². The molecule has 3 aliphatic carbocycles. The molecule has 0 aliphatic heterocycles. The second-order valence-electron chi connectivity index (χ2n) is 12.5. The molecule has 6 unspecified atom stereocenters. The van der Waals surface area contributed by atoms with E-state index in [0.29, 0.717) is 35.5 Å². The van der Waals surface area contributed by atoms with E-state index in [1.807, 2.05) is 11.3 Å². The van der Waals surface area contributed by atoms with Gasteiger partial charge in [0, 0.05) is 32.0 Å². The Kier molecular flexibility index (Phi) is 6.11. The fourth-order valence-corrected chi connectivity index (χ4v) is 9.57. The first-order valence-corrected chi connectivity index (χ1v) is 16.1. The highest BCUT2D eigenvalue weighted by atomic mass is 32.1. The molecule has 1 saturated carbocycles. The van der Waals surface area contributed by atoms with Gasteiger partial charge in [-0.05, 0) is 76.5 Å². The van der Waals surface area contributed by atoms with Crippen LogP contribution in [0.3, 0.4) is 0 Å². The van der Waals surface area contributed by atoms with Crippen LogP contribution in [-0.2, 0) is 0 Å². The van der Waals surface area contributed by atoms with Crippen LogP contribution in [0.25, 0.3) is 25.7 Å². The van der Waals surface area contributed by atoms with Crippen molar-refractivity contribution in [2.24, 2.45) is 23.7 Å². The summed E-state index contributed by atoms with van der Waals surface area (Å²) in [6.07, 6.45) is 11.7. The van der Waals surface area contributed by atoms with Crippen LogP contribution >= 0.6 is 11.3 Å². The topological polar surface area (TPSA) is 0 Å². The second-order valence-corrected chi connectivity index (χ2v) is 13.6. The molecule has 0 amide bonds. The number of rotatable bonds is 3. The molecule has 1 aromatic heterocycles. The van der Waals surface area contributed by atoms with E-state index in [4.69, 9.17) is 0 Å². The zero-order valence-electron chi connectivity index (χ0n) is 23.8. The number of thiophene rings is 1. The molecular formula is C40H36S. The maximum absolute atomic E-state index is 2.52. The third-order valence-electron chi connectivity index (χ3n) is 10.3. The highest BCUT2D eigenvalue weighted by Gasteiger charge is 2.44. The Labute approximate surface area is 247 Å². The molecule has 6 atom stereocenters. The van der Waals surface area contributed by atoms with Gasteiger partial charge in [0.25, 0.3) is 0 Å². The van der Waals surface area contributed by atoms with Gasteiger partial charge in [-0.3, -0.25) is 0 Å². The molecule has 0 radical (unpaired) electrons. The summed E-state index contributed by atoms with van der Waals surface area (Å²) in [4.78, 5) is 0. The lowest BCUT2D eigenvalue weighted by atomic mass is 9.57. The summed E-state index contributed by atoms with van der Waals surface area (Å²) in [7, 11) is 0. The van der Waals surface area contributed by atoms with Gasteiger partial charge in [-0.1, -0.05) is 129 Å². The molecule has 8 rings (SSSR count). The van der Waals surface area contributed by atoms with Gasteiger partial charge in [0.1, 0.15) is 0 Å². The summed E-state index contributed by atoms with van der Waals surface area (Å²) in [5.74, 6) is 2.93. The molecule has 1 heteroatoms. The smallest absolute Gasteiger partial charge is 0.0358 e. The maximum Gasteiger partial charge on any atom is 0.0358 e. The average Bonchev–Trinajstić information content (AvgIpc) is 3.40. The Morgan fingerprint density at radius 2 is 1.39 bits per heavy atom. The predicted octanol–water partition coefficient (Wildman–Crippen LogP) is 11.2. The van der Waals surface area contributed by atoms with Gasteiger partial charge in [0.15, 0.2) is 0 Å². The minimum Gasteiger partial charge on any atom is -0.135 e. The maximum atomic E-state index is 2.52. The summed E-state index contributed by atoms with van der Waals surface area (Å²) in [5.41, 5.74) is 9.37. The molecule has 41 heavy (non-hydrogen) atoms. The van der Waals surface area contributed by atoms with Crippen molar-refractivity contribution < 1.29 is 0 Å². The van der Waals surface area contributed by atoms with Crippen molar-refractivity contribution in [1.82, 2.24) is 0 Å². The van der Waals surface area contributed by atoms with Gasteiger partial charge < -0.3 is 0 Å². The minimum absolute atomic E-state index is 0.387. The SMILES string of the molecule is CC1C=CC=CC1C1=C2CC(C)C(c3cccc4sc5ccccc5c34)CC2C(c2ccccc2)c2ccccc21. The fourth-order valence-electron chi connectivity index (χ4n) is 8.43. The molecule has 0 bridgehead atoms. The van der Waals surface area contributed by atoms with Gasteiger partial charge in [0.2, 0.25) is 0 Å². The van der Waals surface area contributed by atoms with Gasteiger partial charge >= 0.3 is 0 Å². The van der Waals surface area contributed by atoms with E-state index in [9.17, 15) is 0 Å². The molecule has 0 nitrogen and oxygen atoms in total. The molecule has 0 saturated heterocycles. The van der Waals surface area contributed by atoms with Crippen LogP contribution in [0.2, 0.25) is 0 Å². The Bertz CT molecular complexity index is 1850. The summed E-state index contributed by atoms with van der Waals surface area (Å²) < 4.78 is 2.83. The van der Waals surface area contributed by atoms with E-state index in [0.717, 1.165) is 0 Å². The van der Waals surface area contributed by atoms with Crippen LogP contribution in [0.5, 0.6) is 0 Å². The molecule has 1 heterocycles. The van der Waals surface area contributed by atoms with E-state index in [-0.39, 0.29) is 0 Å². The van der Waals surface area contributed by atoms with Crippen molar-refractivity contribution in [2.45, 2.75) is 38.5 Å². The van der Waals surface area contributed by atoms with Crippen LogP contribution < -0.4 is 0 Å². The highest BCUT2D eigenvalue weighted by molar-refractivity contribution is 7.25. The molecule has 4 aromatic carbocycles. The third-order valence-corrected chi connectivity index (χ3v) is 11.4. The zero-order chi connectivity index (χ0) is 27.5. The summed E-state index contributed by atoms with van der Waals surface area (Å²) in [6, 6.07) is 36.8. The number of hydrogen-bond acceptors (Lipinski definition) is 1. The molecule has 3 aliphatic rings. The molecule has 202 valence electrons. The molecule has 0 N–H and O–H groups in total. The monoisotopic (exact) mass is 548 g/mol. The molecular weight excluding hydrogens is 513 g/mol. The van der Waals surface area contributed by atoms with Gasteiger partial charge in [-0.25, -0.2) is 0 Å². The highest BCUT2D eigenvalue weighted by Crippen LogP contribution is 2.58. The van der Waals surface area contributed by atoms with Crippen LogP contribution in [0, 0.1) is 23.7 Å². The van der Waals surface area contributed by atoms with Crippen molar-refractivity contribution in [1.29, 1.82) is 0 Å². The standard InChI is InChI=1S/C40H36S/c1-25-13-6-7-16-28(25)39-30-18-9-8-17-29(30)38(27-14-4-3-5-15-27)35-24-33(26(2)23-34(35)39)31-20-12-22-37-40(31)32-19-10-11-21-36(32)41-37/h3-22,25-26,28,33,35,38H,23-24H2,1-2H3. The van der Waals surface area contributed by atoms with Crippen molar-refractivity contribution >= 4 is 37.1 Å². The first-order chi connectivity index (χ1) is 20.2. The molecule has 0 spiro atoms. The first-order valence-electron chi connectivity index (χ1n) is 15.3. The Morgan fingerprint density at radius 1 is 0.659 bits per heavy atom. The van der Waals surface area contributed by atoms with E-state index in [2.05, 4.69) is 135 Å². The van der Waals surface area contributed by atoms with Crippen LogP contribution in [0.1, 0.15) is 60.8 Å². The second kappa shape index (κ2) is 10.00. The zero-order valence-corrected chi connectivity index (χ0v) is 24.7. The summed E-state index contributed by atoms with van der Waals surface area (Å²) in [6.45, 7) is 4.92. The van der Waals surface area contributed by atoms with Crippen molar-refractivity contribution in [2.75, 3.05) is 0 Å². The van der Waals surface area contributed by atoms with Crippen molar-refractivity contribution in [3.8, 4) is 0 Å². The van der Waals surface area contributed by atoms with E-state index < -0.39 is 0 Å². The lowest BCUT2D eigenvalue weighted by Gasteiger charge is -2.47. The van der Waals surface area contributed by atoms with Crippen molar-refractivity contribution in [3.63, 3.8) is 0 Å². The van der Waals surface area contributed by atoms with E-state index in [1.165, 1.54) is 49.7 Å². The number of fused-ring (bicyclic) bond motifs is 5. The predicted molar refractivity (Wildman–Crippen MR) is 177 cm³/mol. The fraction of sp³-hybridized carbons (Fsp3) is 0.250. The van der Waals surface area contributed by atoms with E-state index in [1.54, 1.807) is 16.7 Å². The lowest BCUT2D eigenvalue weighted by Crippen LogP contribution is -2.33. The van der Waals surface area contributed by atoms with Crippen LogP contribution in [0.15, 0.2) is 127 Å².